The summed E-state index contributed by atoms with van der Waals surface area (Å²) in [6.45, 7) is 11.6. The molecule has 5 heteroatoms. The van der Waals surface area contributed by atoms with E-state index in [0.29, 0.717) is 30.9 Å². The molecule has 1 atom stereocenters. The van der Waals surface area contributed by atoms with Crippen LogP contribution in [-0.4, -0.2) is 25.2 Å². The summed E-state index contributed by atoms with van der Waals surface area (Å²) in [7, 11) is 0. The number of benzene rings is 1. The predicted octanol–water partition coefficient (Wildman–Crippen LogP) is 7.01. The number of allylic oxidation sites excluding steroid dienone is 3. The lowest BCUT2D eigenvalue weighted by molar-refractivity contribution is 0.473. The standard InChI is InChI=1S/C26H33F2N3/c1-5-21(18-31-20(3)17-30-12-8-11-29-4)13-19(2)23-15-24(26(28)25(27)16-23)14-22-9-6-7-10-22/h5,8,11-12,15-16,18-19,22H,1,4,6-7,9-10,13-14,17H2,2-3H3/b11-8-,21-18+,30-12-,31-20+. The fourth-order valence-corrected chi connectivity index (χ4v) is 3.87. The zero-order valence-electron chi connectivity index (χ0n) is 18.7. The minimum atomic E-state index is -0.756. The van der Waals surface area contributed by atoms with Crippen LogP contribution in [-0.2, 0) is 6.42 Å². The van der Waals surface area contributed by atoms with Gasteiger partial charge in [-0.15, -0.1) is 0 Å². The second kappa shape index (κ2) is 12.9. The molecular formula is C26H33F2N3. The molecule has 3 nitrogen and oxygen atoms in total. The van der Waals surface area contributed by atoms with Gasteiger partial charge in [0.05, 0.1) is 6.54 Å². The number of nitrogens with zero attached hydrogens (tertiary/aromatic N) is 3. The fourth-order valence-electron chi connectivity index (χ4n) is 3.87. The van der Waals surface area contributed by atoms with Gasteiger partial charge in [0.25, 0.3) is 0 Å². The van der Waals surface area contributed by atoms with Gasteiger partial charge in [-0.05, 0) is 67.2 Å². The van der Waals surface area contributed by atoms with Gasteiger partial charge in [-0.2, -0.15) is 0 Å². The first-order valence-electron chi connectivity index (χ1n) is 10.9. The lowest BCUT2D eigenvalue weighted by Gasteiger charge is -2.16. The quantitative estimate of drug-likeness (QED) is 0.270. The van der Waals surface area contributed by atoms with Gasteiger partial charge in [0.2, 0.25) is 0 Å². The van der Waals surface area contributed by atoms with E-state index in [1.807, 2.05) is 19.9 Å². The number of hydrogen-bond donors (Lipinski definition) is 0. The van der Waals surface area contributed by atoms with E-state index >= 15 is 0 Å². The highest BCUT2D eigenvalue weighted by atomic mass is 19.2. The third-order valence-electron chi connectivity index (χ3n) is 5.64. The second-order valence-corrected chi connectivity index (χ2v) is 8.22. The van der Waals surface area contributed by atoms with Crippen molar-refractivity contribution in [3.63, 3.8) is 0 Å². The molecule has 0 spiro atoms. The minimum Gasteiger partial charge on any atom is -0.287 e. The molecule has 1 unspecified atom stereocenters. The molecule has 0 heterocycles. The van der Waals surface area contributed by atoms with E-state index in [0.717, 1.165) is 29.7 Å². The third-order valence-corrected chi connectivity index (χ3v) is 5.64. The average Bonchev–Trinajstić information content (AvgIpc) is 3.27. The summed E-state index contributed by atoms with van der Waals surface area (Å²) in [5, 5.41) is 0. The van der Waals surface area contributed by atoms with Crippen molar-refractivity contribution < 1.29 is 8.78 Å². The topological polar surface area (TPSA) is 37.1 Å². The van der Waals surface area contributed by atoms with E-state index in [4.69, 9.17) is 0 Å². The molecule has 0 aromatic heterocycles. The maximum absolute atomic E-state index is 14.4. The van der Waals surface area contributed by atoms with Crippen LogP contribution in [0.3, 0.4) is 0 Å². The summed E-state index contributed by atoms with van der Waals surface area (Å²) < 4.78 is 28.6. The molecule has 0 bridgehead atoms. The molecule has 0 aliphatic heterocycles. The highest BCUT2D eigenvalue weighted by Gasteiger charge is 2.20. The van der Waals surface area contributed by atoms with Crippen molar-refractivity contribution in [2.24, 2.45) is 20.9 Å². The van der Waals surface area contributed by atoms with Crippen LogP contribution < -0.4 is 0 Å². The Morgan fingerprint density at radius 2 is 2.00 bits per heavy atom. The van der Waals surface area contributed by atoms with Crippen LogP contribution in [0.5, 0.6) is 0 Å². The van der Waals surface area contributed by atoms with E-state index in [1.165, 1.54) is 18.9 Å². The first-order chi connectivity index (χ1) is 14.9. The van der Waals surface area contributed by atoms with Crippen LogP contribution in [0.4, 0.5) is 8.78 Å². The molecule has 1 fully saturated rings. The van der Waals surface area contributed by atoms with Gasteiger partial charge in [0.1, 0.15) is 0 Å². The van der Waals surface area contributed by atoms with Crippen molar-refractivity contribution in [1.82, 2.24) is 0 Å². The summed E-state index contributed by atoms with van der Waals surface area (Å²) in [5.74, 6) is -0.964. The Balaban J connectivity index is 2.07. The Bertz CT molecular complexity index is 875. The molecule has 0 radical (unpaired) electrons. The first-order valence-corrected chi connectivity index (χ1v) is 10.9. The number of hydrogen-bond acceptors (Lipinski definition) is 3. The molecule has 1 aromatic carbocycles. The van der Waals surface area contributed by atoms with Gasteiger partial charge in [0, 0.05) is 24.3 Å². The highest BCUT2D eigenvalue weighted by Crippen LogP contribution is 2.32. The number of rotatable bonds is 11. The van der Waals surface area contributed by atoms with E-state index in [9.17, 15) is 8.78 Å². The molecule has 0 amide bonds. The van der Waals surface area contributed by atoms with E-state index in [2.05, 4.69) is 28.3 Å². The van der Waals surface area contributed by atoms with Crippen LogP contribution in [0.2, 0.25) is 0 Å². The van der Waals surface area contributed by atoms with Crippen molar-refractivity contribution in [1.29, 1.82) is 0 Å². The molecule has 1 aliphatic carbocycles. The summed E-state index contributed by atoms with van der Waals surface area (Å²) in [5.41, 5.74) is 3.11. The van der Waals surface area contributed by atoms with Crippen LogP contribution in [0.15, 0.2) is 63.8 Å². The van der Waals surface area contributed by atoms with E-state index in [-0.39, 0.29) is 5.92 Å². The smallest absolute Gasteiger partial charge is 0.162 e. The Hall–Kier alpha value is -2.69. The average molecular weight is 426 g/mol. The Kier molecular flexibility index (Phi) is 10.2. The molecular weight excluding hydrogens is 392 g/mol. The van der Waals surface area contributed by atoms with Crippen molar-refractivity contribution in [2.45, 2.75) is 58.3 Å². The summed E-state index contributed by atoms with van der Waals surface area (Å²) >= 11 is 0. The zero-order valence-corrected chi connectivity index (χ0v) is 18.7. The molecule has 166 valence electrons. The van der Waals surface area contributed by atoms with Gasteiger partial charge in [-0.25, -0.2) is 8.78 Å². The van der Waals surface area contributed by atoms with E-state index in [1.54, 1.807) is 30.8 Å². The SMILES string of the molecule is C=C/C(=C\N=C(/C)C/N=C\C=C/N=C)CC(C)c1cc(F)c(F)c(CC2CCCC2)c1. The second-order valence-electron chi connectivity index (χ2n) is 8.22. The first kappa shape index (κ1) is 24.6. The third kappa shape index (κ3) is 8.16. The lowest BCUT2D eigenvalue weighted by atomic mass is 9.90. The van der Waals surface area contributed by atoms with Crippen molar-refractivity contribution in [3.8, 4) is 0 Å². The maximum Gasteiger partial charge on any atom is 0.162 e. The Morgan fingerprint density at radius 3 is 2.68 bits per heavy atom. The minimum absolute atomic E-state index is 0.0201. The molecule has 0 N–H and O–H groups in total. The monoisotopic (exact) mass is 425 g/mol. The van der Waals surface area contributed by atoms with Crippen molar-refractivity contribution in [2.75, 3.05) is 6.54 Å². The number of halogens is 2. The van der Waals surface area contributed by atoms with Gasteiger partial charge in [-0.3, -0.25) is 15.0 Å². The molecule has 1 saturated carbocycles. The highest BCUT2D eigenvalue weighted by molar-refractivity contribution is 5.86. The van der Waals surface area contributed by atoms with Gasteiger partial charge in [0.15, 0.2) is 11.6 Å². The summed E-state index contributed by atoms with van der Waals surface area (Å²) in [4.78, 5) is 12.3. The largest absolute Gasteiger partial charge is 0.287 e. The van der Waals surface area contributed by atoms with Crippen molar-refractivity contribution >= 4 is 18.6 Å². The van der Waals surface area contributed by atoms with Crippen LogP contribution in [0, 0.1) is 17.6 Å². The molecule has 31 heavy (non-hydrogen) atoms. The molecule has 0 saturated heterocycles. The number of aliphatic imine (C=N–C) groups is 3. The lowest BCUT2D eigenvalue weighted by Crippen LogP contribution is -2.06. The van der Waals surface area contributed by atoms with Crippen LogP contribution in [0.25, 0.3) is 0 Å². The van der Waals surface area contributed by atoms with Gasteiger partial charge >= 0.3 is 0 Å². The summed E-state index contributed by atoms with van der Waals surface area (Å²) in [6, 6.07) is 3.17. The Morgan fingerprint density at radius 1 is 1.26 bits per heavy atom. The molecule has 1 aromatic rings. The summed E-state index contributed by atoms with van der Waals surface area (Å²) in [6.07, 6.45) is 14.3. The molecule has 2 rings (SSSR count). The van der Waals surface area contributed by atoms with Crippen LogP contribution >= 0.6 is 0 Å². The zero-order chi connectivity index (χ0) is 22.6. The van der Waals surface area contributed by atoms with E-state index < -0.39 is 11.6 Å². The predicted molar refractivity (Wildman–Crippen MR) is 128 cm³/mol. The van der Waals surface area contributed by atoms with Crippen LogP contribution in [0.1, 0.15) is 63.0 Å². The van der Waals surface area contributed by atoms with Gasteiger partial charge in [-0.1, -0.05) is 51.3 Å². The Labute approximate surface area is 185 Å². The van der Waals surface area contributed by atoms with Crippen molar-refractivity contribution in [3.05, 3.63) is 71.6 Å². The maximum atomic E-state index is 14.4. The molecule has 1 aliphatic rings. The normalized spacial score (nSPS) is 17.0. The van der Waals surface area contributed by atoms with Gasteiger partial charge < -0.3 is 0 Å². The fraction of sp³-hybridized carbons (Fsp3) is 0.423.